The van der Waals surface area contributed by atoms with Crippen molar-refractivity contribution < 1.29 is 34.4 Å². The zero-order chi connectivity index (χ0) is 22.6. The van der Waals surface area contributed by atoms with Crippen molar-refractivity contribution in [3.63, 3.8) is 0 Å². The predicted molar refractivity (Wildman–Crippen MR) is 114 cm³/mol. The molecule has 0 radical (unpaired) electrons. The number of ether oxygens (including phenoxy) is 2. The molecule has 172 valence electrons. The predicted octanol–water partition coefficient (Wildman–Crippen LogP) is 3.24. The number of aliphatic hydroxyl groups excluding tert-OH is 1. The highest BCUT2D eigenvalue weighted by atomic mass is 16.7. The average Bonchev–Trinajstić information content (AvgIpc) is 3.06. The number of Topliss-reactive ketones (excluding diaryl/α,β-unsaturated/α-hetero) is 1. The molecule has 1 saturated carbocycles. The van der Waals surface area contributed by atoms with Gasteiger partial charge in [0.05, 0.1) is 0 Å². The second-order valence-electron chi connectivity index (χ2n) is 8.06. The molecule has 0 heterocycles. The first-order valence-electron chi connectivity index (χ1n) is 10.8. The van der Waals surface area contributed by atoms with Crippen molar-refractivity contribution in [3.05, 3.63) is 24.3 Å². The fourth-order valence-corrected chi connectivity index (χ4v) is 3.99. The summed E-state index contributed by atoms with van der Waals surface area (Å²) < 4.78 is 10.6. The highest BCUT2D eigenvalue weighted by Crippen LogP contribution is 2.34. The molecule has 7 nitrogen and oxygen atoms in total. The molecule has 0 bridgehead atoms. The molecule has 0 aromatic heterocycles. The molecule has 0 amide bonds. The van der Waals surface area contributed by atoms with Gasteiger partial charge in [0.2, 0.25) is 0 Å². The van der Waals surface area contributed by atoms with Crippen molar-refractivity contribution in [1.82, 2.24) is 0 Å². The summed E-state index contributed by atoms with van der Waals surface area (Å²) in [4.78, 5) is 22.9. The summed E-state index contributed by atoms with van der Waals surface area (Å²) in [6.07, 6.45) is 10.9. The maximum absolute atomic E-state index is 12.3. The molecule has 1 aliphatic carbocycles. The summed E-state index contributed by atoms with van der Waals surface area (Å²) in [6, 6.07) is 0. The molecule has 0 saturated heterocycles. The van der Waals surface area contributed by atoms with Crippen LogP contribution in [0.2, 0.25) is 0 Å². The highest BCUT2D eigenvalue weighted by Gasteiger charge is 2.36. The van der Waals surface area contributed by atoms with Gasteiger partial charge in [0.1, 0.15) is 11.4 Å². The molecule has 1 rings (SSSR count). The normalized spacial score (nSPS) is 22.9. The van der Waals surface area contributed by atoms with E-state index in [2.05, 4.69) is 6.92 Å². The number of carbonyl (C=O) groups excluding carboxylic acids is 1. The van der Waals surface area contributed by atoms with E-state index >= 15 is 0 Å². The van der Waals surface area contributed by atoms with Crippen LogP contribution >= 0.6 is 0 Å². The minimum atomic E-state index is -1.35. The number of carboxylic acid groups (broad SMARTS) is 1. The van der Waals surface area contributed by atoms with E-state index in [1.54, 1.807) is 0 Å². The van der Waals surface area contributed by atoms with Crippen molar-refractivity contribution in [2.24, 2.45) is 11.8 Å². The molecule has 4 atom stereocenters. The van der Waals surface area contributed by atoms with Crippen LogP contribution in [-0.4, -0.2) is 59.3 Å². The standard InChI is InChI=1S/C23H38O7/c1-4-5-15-23(28,22(29-2)30-3)16-9-10-17-13-14-19(24)18(17)11-7-6-8-12-20(25)21(26)27/h6-7,9-10,17-18,20,22,25,28H,4-5,8,11-16H2,1-3H3,(H,26,27)/t17-,18+,20?,23?/m0/s1. The minimum absolute atomic E-state index is 0.105. The first kappa shape index (κ1) is 26.5. The maximum Gasteiger partial charge on any atom is 0.332 e. The van der Waals surface area contributed by atoms with Gasteiger partial charge in [-0.3, -0.25) is 4.79 Å². The quantitative estimate of drug-likeness (QED) is 0.272. The molecule has 0 aliphatic heterocycles. The number of unbranched alkanes of at least 4 members (excludes halogenated alkanes) is 1. The first-order chi connectivity index (χ1) is 14.3. The SMILES string of the molecule is CCCCC(O)(CC=C[C@H]1CCC(=O)[C@@H]1CC=CCCC(O)C(=O)O)C(OC)OC. The minimum Gasteiger partial charge on any atom is -0.479 e. The van der Waals surface area contributed by atoms with Crippen molar-refractivity contribution in [3.8, 4) is 0 Å². The Bertz CT molecular complexity index is 582. The van der Waals surface area contributed by atoms with Gasteiger partial charge in [0.15, 0.2) is 12.4 Å². The number of methoxy groups -OCH3 is 2. The molecule has 0 aromatic carbocycles. The topological polar surface area (TPSA) is 113 Å². The maximum atomic E-state index is 12.3. The fraction of sp³-hybridized carbons (Fsp3) is 0.739. The van der Waals surface area contributed by atoms with Gasteiger partial charge in [-0.15, -0.1) is 0 Å². The van der Waals surface area contributed by atoms with Gasteiger partial charge >= 0.3 is 5.97 Å². The summed E-state index contributed by atoms with van der Waals surface area (Å²) in [5.41, 5.74) is -1.11. The zero-order valence-electron chi connectivity index (χ0n) is 18.5. The molecule has 0 spiro atoms. The second kappa shape index (κ2) is 13.7. The van der Waals surface area contributed by atoms with Gasteiger partial charge in [-0.05, 0) is 44.4 Å². The van der Waals surface area contributed by atoms with E-state index in [1.807, 2.05) is 24.3 Å². The molecular weight excluding hydrogens is 388 g/mol. The van der Waals surface area contributed by atoms with Crippen molar-refractivity contribution in [1.29, 1.82) is 0 Å². The summed E-state index contributed by atoms with van der Waals surface area (Å²) in [5.74, 6) is -0.979. The molecule has 1 aliphatic rings. The van der Waals surface area contributed by atoms with E-state index in [-0.39, 0.29) is 24.0 Å². The number of allylic oxidation sites excluding steroid dienone is 3. The van der Waals surface area contributed by atoms with Crippen molar-refractivity contribution in [2.75, 3.05) is 14.2 Å². The van der Waals surface area contributed by atoms with Crippen LogP contribution in [0.25, 0.3) is 0 Å². The largest absolute Gasteiger partial charge is 0.479 e. The van der Waals surface area contributed by atoms with Gasteiger partial charge in [-0.1, -0.05) is 44.1 Å². The average molecular weight is 427 g/mol. The summed E-state index contributed by atoms with van der Waals surface area (Å²) in [5, 5.41) is 29.0. The number of aliphatic hydroxyl groups is 2. The molecule has 7 heteroatoms. The summed E-state index contributed by atoms with van der Waals surface area (Å²) in [6.45, 7) is 2.06. The van der Waals surface area contributed by atoms with E-state index in [9.17, 15) is 19.8 Å². The fourth-order valence-electron chi connectivity index (χ4n) is 3.99. The van der Waals surface area contributed by atoms with Crippen LogP contribution in [0.3, 0.4) is 0 Å². The second-order valence-corrected chi connectivity index (χ2v) is 8.06. The van der Waals surface area contributed by atoms with Crippen LogP contribution < -0.4 is 0 Å². The number of ketones is 1. The lowest BCUT2D eigenvalue weighted by atomic mass is 9.88. The third-order valence-corrected chi connectivity index (χ3v) is 5.79. The molecule has 0 aromatic rings. The van der Waals surface area contributed by atoms with Crippen LogP contribution in [0.4, 0.5) is 0 Å². The van der Waals surface area contributed by atoms with E-state index in [0.29, 0.717) is 32.1 Å². The number of hydrogen-bond donors (Lipinski definition) is 3. The Labute approximate surface area is 179 Å². The van der Waals surface area contributed by atoms with Crippen LogP contribution in [-0.2, 0) is 19.1 Å². The number of rotatable bonds is 15. The van der Waals surface area contributed by atoms with Crippen LogP contribution in [0.1, 0.15) is 64.7 Å². The Balaban J connectivity index is 2.65. The molecule has 1 fully saturated rings. The lowest BCUT2D eigenvalue weighted by molar-refractivity contribution is -0.216. The number of hydrogen-bond acceptors (Lipinski definition) is 6. The van der Waals surface area contributed by atoms with Crippen LogP contribution in [0.15, 0.2) is 24.3 Å². The Morgan fingerprint density at radius 1 is 1.27 bits per heavy atom. The summed E-state index contributed by atoms with van der Waals surface area (Å²) in [7, 11) is 3.03. The Kier molecular flexibility index (Phi) is 12.1. The molecule has 3 N–H and O–H groups in total. The van der Waals surface area contributed by atoms with Crippen LogP contribution in [0, 0.1) is 11.8 Å². The number of aliphatic carboxylic acids is 1. The number of carbonyl (C=O) groups is 2. The van der Waals surface area contributed by atoms with Crippen molar-refractivity contribution in [2.45, 2.75) is 82.7 Å². The Morgan fingerprint density at radius 2 is 1.97 bits per heavy atom. The third-order valence-electron chi connectivity index (χ3n) is 5.79. The lowest BCUT2D eigenvalue weighted by Crippen LogP contribution is -2.44. The van der Waals surface area contributed by atoms with E-state index < -0.39 is 24.0 Å². The molecule has 30 heavy (non-hydrogen) atoms. The van der Waals surface area contributed by atoms with E-state index in [0.717, 1.165) is 19.3 Å². The number of carboxylic acids is 1. The van der Waals surface area contributed by atoms with Gasteiger partial charge in [-0.25, -0.2) is 4.79 Å². The van der Waals surface area contributed by atoms with Gasteiger partial charge < -0.3 is 24.8 Å². The molecular formula is C23H38O7. The van der Waals surface area contributed by atoms with Crippen LogP contribution in [0.5, 0.6) is 0 Å². The Morgan fingerprint density at radius 3 is 2.57 bits per heavy atom. The van der Waals surface area contributed by atoms with Gasteiger partial charge in [0.25, 0.3) is 0 Å². The van der Waals surface area contributed by atoms with Crippen molar-refractivity contribution >= 4 is 11.8 Å². The van der Waals surface area contributed by atoms with E-state index in [4.69, 9.17) is 14.6 Å². The highest BCUT2D eigenvalue weighted by molar-refractivity contribution is 5.83. The third kappa shape index (κ3) is 8.30. The smallest absolute Gasteiger partial charge is 0.332 e. The van der Waals surface area contributed by atoms with E-state index in [1.165, 1.54) is 14.2 Å². The molecule has 2 unspecified atom stereocenters. The van der Waals surface area contributed by atoms with Gasteiger partial charge in [-0.2, -0.15) is 0 Å². The first-order valence-corrected chi connectivity index (χ1v) is 10.8. The monoisotopic (exact) mass is 426 g/mol. The zero-order valence-corrected chi connectivity index (χ0v) is 18.5. The Hall–Kier alpha value is -1.54. The lowest BCUT2D eigenvalue weighted by Gasteiger charge is -2.33. The summed E-state index contributed by atoms with van der Waals surface area (Å²) >= 11 is 0. The van der Waals surface area contributed by atoms with Gasteiger partial charge in [0, 0.05) is 26.6 Å².